The topological polar surface area (TPSA) is 51.4 Å². The average Bonchev–Trinajstić information content (AvgIpc) is 3.09. The third kappa shape index (κ3) is 3.00. The van der Waals surface area contributed by atoms with Gasteiger partial charge in [0.1, 0.15) is 0 Å². The lowest BCUT2D eigenvalue weighted by atomic mass is 10.1. The van der Waals surface area contributed by atoms with Crippen molar-refractivity contribution in [3.05, 3.63) is 54.6 Å². The van der Waals surface area contributed by atoms with E-state index in [1.807, 2.05) is 0 Å². The van der Waals surface area contributed by atoms with Crippen molar-refractivity contribution in [1.29, 1.82) is 0 Å². The molecule has 2 aromatic rings. The monoisotopic (exact) mass is 296 g/mol. The third-order valence-corrected chi connectivity index (χ3v) is 2.75. The highest BCUT2D eigenvalue weighted by Gasteiger charge is 2.38. The Morgan fingerprint density at radius 3 is 2.52 bits per heavy atom. The molecule has 2 heterocycles. The first-order valence-electron chi connectivity index (χ1n) is 5.96. The highest BCUT2D eigenvalue weighted by atomic mass is 19.4. The van der Waals surface area contributed by atoms with E-state index in [1.165, 1.54) is 0 Å². The molecule has 1 aliphatic heterocycles. The predicted molar refractivity (Wildman–Crippen MR) is 64.8 cm³/mol. The lowest BCUT2D eigenvalue weighted by molar-refractivity contribution is -0.159. The molecule has 3 rings (SSSR count). The van der Waals surface area contributed by atoms with Crippen LogP contribution in [0.25, 0.3) is 11.4 Å². The van der Waals surface area contributed by atoms with Gasteiger partial charge >= 0.3 is 12.1 Å². The Morgan fingerprint density at radius 1 is 1.19 bits per heavy atom. The van der Waals surface area contributed by atoms with Gasteiger partial charge < -0.3 is 14.4 Å². The van der Waals surface area contributed by atoms with Gasteiger partial charge in [-0.3, -0.25) is 0 Å². The summed E-state index contributed by atoms with van der Waals surface area (Å²) in [5.41, 5.74) is 1.38. The summed E-state index contributed by atoms with van der Waals surface area (Å²) in [6.07, 6.45) is -1.11. The van der Waals surface area contributed by atoms with Gasteiger partial charge in [0, 0.05) is 12.1 Å². The largest absolute Gasteiger partial charge is 0.471 e. The minimum Gasteiger partial charge on any atom is -0.354 e. The summed E-state index contributed by atoms with van der Waals surface area (Å²) in [6.45, 7) is 2.07. The molecular formula is C13H9F3N3O2-. The van der Waals surface area contributed by atoms with Gasteiger partial charge in [-0.05, 0) is 5.56 Å². The first-order valence-corrected chi connectivity index (χ1v) is 5.96. The second kappa shape index (κ2) is 5.13. The third-order valence-electron chi connectivity index (χ3n) is 2.75. The van der Waals surface area contributed by atoms with E-state index >= 15 is 0 Å². The number of aromatic nitrogens is 2. The Hall–Kier alpha value is -2.48. The van der Waals surface area contributed by atoms with Gasteiger partial charge in [0.15, 0.2) is 0 Å². The summed E-state index contributed by atoms with van der Waals surface area (Å²) in [4.78, 5) is 8.48. The second-order valence-electron chi connectivity index (χ2n) is 4.28. The van der Waals surface area contributed by atoms with Crippen LogP contribution in [0.15, 0.2) is 41.1 Å². The van der Waals surface area contributed by atoms with Crippen LogP contribution in [0.1, 0.15) is 11.5 Å². The number of benzene rings is 1. The smallest absolute Gasteiger partial charge is 0.354 e. The molecule has 0 aliphatic carbocycles. The van der Waals surface area contributed by atoms with Crippen LogP contribution in [-0.4, -0.2) is 15.2 Å². The van der Waals surface area contributed by atoms with Crippen molar-refractivity contribution in [3.63, 3.8) is 0 Å². The van der Waals surface area contributed by atoms with E-state index < -0.39 is 12.1 Å². The Labute approximate surface area is 117 Å². The van der Waals surface area contributed by atoms with E-state index in [-0.39, 0.29) is 5.82 Å². The zero-order valence-electron chi connectivity index (χ0n) is 10.5. The predicted octanol–water partition coefficient (Wildman–Crippen LogP) is 3.18. The molecule has 1 aromatic carbocycles. The number of alkyl halides is 3. The van der Waals surface area contributed by atoms with Crippen molar-refractivity contribution in [3.8, 4) is 11.4 Å². The Bertz CT molecular complexity index is 649. The van der Waals surface area contributed by atoms with Gasteiger partial charge in [-0.1, -0.05) is 36.0 Å². The van der Waals surface area contributed by atoms with Gasteiger partial charge in [-0.25, -0.2) is 0 Å². The maximum absolute atomic E-state index is 12.4. The minimum absolute atomic E-state index is 0.0977. The molecule has 0 spiro atoms. The van der Waals surface area contributed by atoms with E-state index in [1.54, 1.807) is 48.2 Å². The van der Waals surface area contributed by atoms with E-state index in [9.17, 15) is 13.2 Å². The fourth-order valence-electron chi connectivity index (χ4n) is 1.76. The molecule has 110 valence electrons. The lowest BCUT2D eigenvalue weighted by Crippen LogP contribution is -2.11. The van der Waals surface area contributed by atoms with Crippen LogP contribution in [0.2, 0.25) is 0 Å². The number of hydroxylamine groups is 2. The van der Waals surface area contributed by atoms with Gasteiger partial charge in [0.2, 0.25) is 5.82 Å². The van der Waals surface area contributed by atoms with Crippen LogP contribution in [-0.2, 0) is 17.6 Å². The summed E-state index contributed by atoms with van der Waals surface area (Å²) in [7, 11) is 0. The van der Waals surface area contributed by atoms with E-state index in [4.69, 9.17) is 4.84 Å². The number of hydrogen-bond donors (Lipinski definition) is 0. The molecule has 0 unspecified atom stereocenters. The van der Waals surface area contributed by atoms with Crippen LogP contribution in [0, 0.1) is 6.61 Å². The maximum Gasteiger partial charge on any atom is 0.471 e. The van der Waals surface area contributed by atoms with Crippen molar-refractivity contribution < 1.29 is 22.5 Å². The normalized spacial score (nSPS) is 14.5. The minimum atomic E-state index is -4.64. The Balaban J connectivity index is 1.74. The molecule has 0 saturated carbocycles. The van der Waals surface area contributed by atoms with Crippen molar-refractivity contribution in [2.75, 3.05) is 0 Å². The van der Waals surface area contributed by atoms with E-state index in [0.29, 0.717) is 12.1 Å². The van der Waals surface area contributed by atoms with E-state index in [0.717, 1.165) is 5.56 Å². The van der Waals surface area contributed by atoms with Gasteiger partial charge in [0.05, 0.1) is 0 Å². The van der Waals surface area contributed by atoms with Crippen LogP contribution in [0.4, 0.5) is 13.2 Å². The molecule has 0 N–H and O–H groups in total. The van der Waals surface area contributed by atoms with E-state index in [2.05, 4.69) is 14.7 Å². The van der Waals surface area contributed by atoms with Crippen molar-refractivity contribution in [1.82, 2.24) is 15.2 Å². The second-order valence-corrected chi connectivity index (χ2v) is 4.28. The molecule has 8 heteroatoms. The molecular weight excluding hydrogens is 287 g/mol. The highest BCUT2D eigenvalue weighted by Crippen LogP contribution is 2.29. The number of nitrogens with zero attached hydrogens (tertiary/aromatic N) is 3. The summed E-state index contributed by atoms with van der Waals surface area (Å²) in [6, 6.07) is 6.77. The van der Waals surface area contributed by atoms with Crippen molar-refractivity contribution in [2.24, 2.45) is 0 Å². The molecule has 0 fully saturated rings. The molecule has 1 aromatic heterocycles. The zero-order valence-corrected chi connectivity index (χ0v) is 10.5. The molecule has 0 radical (unpaired) electrons. The first-order chi connectivity index (χ1) is 10.0. The van der Waals surface area contributed by atoms with Crippen LogP contribution in [0.3, 0.4) is 0 Å². The molecule has 0 saturated heterocycles. The Morgan fingerprint density at radius 2 is 1.95 bits per heavy atom. The van der Waals surface area contributed by atoms with Crippen LogP contribution < -0.4 is 0 Å². The fraction of sp³-hybridized carbons (Fsp3) is 0.154. The molecule has 0 bridgehead atoms. The highest BCUT2D eigenvalue weighted by molar-refractivity contribution is 5.54. The fourth-order valence-corrected chi connectivity index (χ4v) is 1.76. The van der Waals surface area contributed by atoms with Crippen molar-refractivity contribution >= 4 is 0 Å². The van der Waals surface area contributed by atoms with Gasteiger partial charge in [-0.2, -0.15) is 24.2 Å². The van der Waals surface area contributed by atoms with Crippen molar-refractivity contribution in [2.45, 2.75) is 12.7 Å². The van der Waals surface area contributed by atoms with Crippen LogP contribution >= 0.6 is 0 Å². The summed E-state index contributed by atoms with van der Waals surface area (Å²) >= 11 is 0. The van der Waals surface area contributed by atoms with Crippen LogP contribution in [0.5, 0.6) is 0 Å². The Kier molecular flexibility index (Phi) is 3.30. The molecule has 1 aliphatic rings. The number of hydrogen-bond acceptors (Lipinski definition) is 5. The first kappa shape index (κ1) is 13.5. The maximum atomic E-state index is 12.4. The van der Waals surface area contributed by atoms with Gasteiger partial charge in [0.25, 0.3) is 0 Å². The molecule has 0 atom stereocenters. The summed E-state index contributed by atoms with van der Waals surface area (Å²) < 4.78 is 41.3. The molecule has 0 amide bonds. The average molecular weight is 296 g/mol. The van der Waals surface area contributed by atoms with Gasteiger partial charge in [-0.15, -0.1) is 6.20 Å². The standard InChI is InChI=1S/C13H9F3N3O2/c14-13(15,16)12-17-11(18-21-12)10-4-2-9(3-5-10)8-19-6-1-7-20-19/h1-7H,8H2/q-1. The number of rotatable bonds is 3. The molecule has 21 heavy (non-hydrogen) atoms. The lowest BCUT2D eigenvalue weighted by Gasteiger charge is -2.21. The SMILES string of the molecule is FC(F)(F)c1nc(-c2ccc(CN3C=C[CH-]O3)cc2)no1. The quantitative estimate of drug-likeness (QED) is 0.814. The summed E-state index contributed by atoms with van der Waals surface area (Å²) in [5, 5.41) is 4.94. The summed E-state index contributed by atoms with van der Waals surface area (Å²) in [5.74, 6) is -1.45. The number of halogens is 3. The zero-order chi connectivity index (χ0) is 14.9. The molecule has 5 nitrogen and oxygen atoms in total.